The van der Waals surface area contributed by atoms with E-state index in [1.54, 1.807) is 0 Å². The van der Waals surface area contributed by atoms with Gasteiger partial charge in [-0.3, -0.25) is 0 Å². The van der Waals surface area contributed by atoms with Crippen molar-refractivity contribution in [3.05, 3.63) is 46.4 Å². The number of nitrogens with one attached hydrogen (secondary N) is 1. The Morgan fingerprint density at radius 3 is 2.52 bits per heavy atom. The second kappa shape index (κ2) is 6.93. The van der Waals surface area contributed by atoms with Crippen molar-refractivity contribution in [2.75, 3.05) is 7.05 Å². The summed E-state index contributed by atoms with van der Waals surface area (Å²) in [6, 6.07) is 13.9. The Hall–Kier alpha value is -0.860. The topological polar surface area (TPSA) is 12.0 Å². The molecular formula is C19H24BrN. The van der Waals surface area contributed by atoms with Crippen molar-refractivity contribution < 1.29 is 0 Å². The van der Waals surface area contributed by atoms with Crippen LogP contribution >= 0.6 is 15.9 Å². The zero-order chi connectivity index (χ0) is 14.7. The van der Waals surface area contributed by atoms with Gasteiger partial charge in [-0.15, -0.1) is 0 Å². The Balaban J connectivity index is 1.80. The predicted octanol–water partition coefficient (Wildman–Crippen LogP) is 5.83. The number of hydrogen-bond acceptors (Lipinski definition) is 1. The molecule has 1 unspecified atom stereocenters. The molecule has 2 heteroatoms. The zero-order valence-corrected chi connectivity index (χ0v) is 14.3. The van der Waals surface area contributed by atoms with Gasteiger partial charge in [0.15, 0.2) is 0 Å². The molecule has 0 heterocycles. The van der Waals surface area contributed by atoms with Crippen LogP contribution in [0.25, 0.3) is 10.8 Å². The molecule has 112 valence electrons. The quantitative estimate of drug-likeness (QED) is 0.734. The molecule has 0 amide bonds. The van der Waals surface area contributed by atoms with Crippen LogP contribution in [0.4, 0.5) is 0 Å². The van der Waals surface area contributed by atoms with Gasteiger partial charge in [0.1, 0.15) is 0 Å². The largest absolute Gasteiger partial charge is 0.313 e. The van der Waals surface area contributed by atoms with Gasteiger partial charge in [0.25, 0.3) is 0 Å². The third kappa shape index (κ3) is 3.67. The molecule has 1 aliphatic carbocycles. The molecule has 0 bridgehead atoms. The first kappa shape index (κ1) is 15.1. The average Bonchev–Trinajstić information content (AvgIpc) is 2.53. The first-order valence-electron chi connectivity index (χ1n) is 8.13. The van der Waals surface area contributed by atoms with E-state index in [2.05, 4.69) is 64.7 Å². The molecule has 0 spiro atoms. The van der Waals surface area contributed by atoms with Crippen LogP contribution in [0.15, 0.2) is 40.9 Å². The predicted molar refractivity (Wildman–Crippen MR) is 94.6 cm³/mol. The van der Waals surface area contributed by atoms with Crippen LogP contribution in [-0.2, 0) is 0 Å². The molecule has 21 heavy (non-hydrogen) atoms. The van der Waals surface area contributed by atoms with Crippen molar-refractivity contribution in [2.45, 2.75) is 44.6 Å². The molecule has 0 aliphatic heterocycles. The molecule has 2 aromatic carbocycles. The van der Waals surface area contributed by atoms with Crippen LogP contribution in [0.5, 0.6) is 0 Å². The van der Waals surface area contributed by atoms with E-state index >= 15 is 0 Å². The van der Waals surface area contributed by atoms with E-state index in [9.17, 15) is 0 Å². The fourth-order valence-corrected chi connectivity index (χ4v) is 4.01. The summed E-state index contributed by atoms with van der Waals surface area (Å²) in [6.07, 6.45) is 8.39. The van der Waals surface area contributed by atoms with Crippen molar-refractivity contribution in [3.8, 4) is 0 Å². The van der Waals surface area contributed by atoms with E-state index < -0.39 is 0 Å². The Bertz CT molecular complexity index is 602. The van der Waals surface area contributed by atoms with Gasteiger partial charge >= 0.3 is 0 Å². The normalized spacial score (nSPS) is 18.0. The molecule has 0 aromatic heterocycles. The standard InChI is InChI=1S/C19H24BrN/c1-21-19(11-14-5-3-2-4-6-14)17-8-7-16-13-18(20)10-9-15(16)12-17/h7-10,12-14,19,21H,2-6,11H2,1H3. The summed E-state index contributed by atoms with van der Waals surface area (Å²) in [5, 5.41) is 6.17. The van der Waals surface area contributed by atoms with Gasteiger partial charge in [-0.25, -0.2) is 0 Å². The maximum absolute atomic E-state index is 3.55. The lowest BCUT2D eigenvalue weighted by molar-refractivity contribution is 0.306. The first-order chi connectivity index (χ1) is 10.3. The lowest BCUT2D eigenvalue weighted by atomic mass is 9.83. The maximum atomic E-state index is 3.55. The van der Waals surface area contributed by atoms with Gasteiger partial charge in [-0.1, -0.05) is 66.2 Å². The van der Waals surface area contributed by atoms with Gasteiger partial charge in [0, 0.05) is 10.5 Å². The van der Waals surface area contributed by atoms with Gasteiger partial charge < -0.3 is 5.32 Å². The van der Waals surface area contributed by atoms with Gasteiger partial charge in [0.2, 0.25) is 0 Å². The van der Waals surface area contributed by atoms with Crippen LogP contribution in [0.1, 0.15) is 50.1 Å². The number of fused-ring (bicyclic) bond motifs is 1. The van der Waals surface area contributed by atoms with Gasteiger partial charge in [0.05, 0.1) is 0 Å². The van der Waals surface area contributed by atoms with E-state index in [1.165, 1.54) is 54.9 Å². The minimum absolute atomic E-state index is 0.487. The third-order valence-corrected chi connectivity index (χ3v) is 5.36. The van der Waals surface area contributed by atoms with Crippen molar-refractivity contribution in [1.82, 2.24) is 5.32 Å². The second-order valence-electron chi connectivity index (χ2n) is 6.33. The van der Waals surface area contributed by atoms with Crippen molar-refractivity contribution in [2.24, 2.45) is 5.92 Å². The van der Waals surface area contributed by atoms with E-state index in [0.29, 0.717) is 6.04 Å². The highest BCUT2D eigenvalue weighted by Crippen LogP contribution is 2.33. The van der Waals surface area contributed by atoms with Crippen LogP contribution in [0.2, 0.25) is 0 Å². The highest BCUT2D eigenvalue weighted by Gasteiger charge is 2.19. The van der Waals surface area contributed by atoms with E-state index in [4.69, 9.17) is 0 Å². The van der Waals surface area contributed by atoms with Gasteiger partial charge in [-0.05, 0) is 53.9 Å². The molecule has 0 radical (unpaired) electrons. The lowest BCUT2D eigenvalue weighted by Gasteiger charge is -2.26. The minimum atomic E-state index is 0.487. The van der Waals surface area contributed by atoms with Crippen LogP contribution in [0, 0.1) is 5.92 Å². The molecule has 1 N–H and O–H groups in total. The zero-order valence-electron chi connectivity index (χ0n) is 12.7. The lowest BCUT2D eigenvalue weighted by Crippen LogP contribution is -2.21. The average molecular weight is 346 g/mol. The molecule has 0 saturated heterocycles. The Morgan fingerprint density at radius 1 is 1.05 bits per heavy atom. The third-order valence-electron chi connectivity index (χ3n) is 4.87. The molecule has 1 fully saturated rings. The van der Waals surface area contributed by atoms with Crippen molar-refractivity contribution >= 4 is 26.7 Å². The molecule has 1 aliphatic rings. The number of benzene rings is 2. The minimum Gasteiger partial charge on any atom is -0.313 e. The van der Waals surface area contributed by atoms with E-state index in [0.717, 1.165) is 10.4 Å². The monoisotopic (exact) mass is 345 g/mol. The molecule has 1 saturated carbocycles. The molecule has 3 rings (SSSR count). The van der Waals surface area contributed by atoms with Crippen LogP contribution in [-0.4, -0.2) is 7.05 Å². The summed E-state index contributed by atoms with van der Waals surface area (Å²) in [7, 11) is 2.10. The first-order valence-corrected chi connectivity index (χ1v) is 8.92. The molecule has 2 aromatic rings. The second-order valence-corrected chi connectivity index (χ2v) is 7.25. The van der Waals surface area contributed by atoms with E-state index in [1.807, 2.05) is 0 Å². The summed E-state index contributed by atoms with van der Waals surface area (Å²) >= 11 is 3.55. The number of rotatable bonds is 4. The van der Waals surface area contributed by atoms with Crippen LogP contribution < -0.4 is 5.32 Å². The van der Waals surface area contributed by atoms with Crippen LogP contribution in [0.3, 0.4) is 0 Å². The fourth-order valence-electron chi connectivity index (χ4n) is 3.63. The summed E-state index contributed by atoms with van der Waals surface area (Å²) in [5.74, 6) is 0.900. The fraction of sp³-hybridized carbons (Fsp3) is 0.474. The summed E-state index contributed by atoms with van der Waals surface area (Å²) in [4.78, 5) is 0. The SMILES string of the molecule is CNC(CC1CCCCC1)c1ccc2cc(Br)ccc2c1. The summed E-state index contributed by atoms with van der Waals surface area (Å²) in [6.45, 7) is 0. The van der Waals surface area contributed by atoms with E-state index in [-0.39, 0.29) is 0 Å². The summed E-state index contributed by atoms with van der Waals surface area (Å²) < 4.78 is 1.15. The van der Waals surface area contributed by atoms with Crippen molar-refractivity contribution in [3.63, 3.8) is 0 Å². The maximum Gasteiger partial charge on any atom is 0.0320 e. The molecular weight excluding hydrogens is 322 g/mol. The Labute approximate surface area is 136 Å². The van der Waals surface area contributed by atoms with Gasteiger partial charge in [-0.2, -0.15) is 0 Å². The number of halogens is 1. The Morgan fingerprint density at radius 2 is 1.76 bits per heavy atom. The smallest absolute Gasteiger partial charge is 0.0320 e. The molecule has 1 atom stereocenters. The number of hydrogen-bond donors (Lipinski definition) is 1. The molecule has 1 nitrogen and oxygen atoms in total. The highest BCUT2D eigenvalue weighted by molar-refractivity contribution is 9.10. The Kier molecular flexibility index (Phi) is 4.97. The van der Waals surface area contributed by atoms with Crippen molar-refractivity contribution in [1.29, 1.82) is 0 Å². The highest BCUT2D eigenvalue weighted by atomic mass is 79.9. The summed E-state index contributed by atoms with van der Waals surface area (Å²) in [5.41, 5.74) is 1.43.